The average molecular weight is 211 g/mol. The van der Waals surface area contributed by atoms with Crippen LogP contribution in [0.25, 0.3) is 0 Å². The number of esters is 1. The Bertz CT molecular complexity index is 238. The van der Waals surface area contributed by atoms with Gasteiger partial charge in [-0.3, -0.25) is 4.79 Å². The highest BCUT2D eigenvalue weighted by Crippen LogP contribution is 2.23. The van der Waals surface area contributed by atoms with Crippen molar-refractivity contribution in [3.05, 3.63) is 12.2 Å². The third kappa shape index (κ3) is 4.04. The Kier molecular flexibility index (Phi) is 4.82. The van der Waals surface area contributed by atoms with E-state index in [-0.39, 0.29) is 5.97 Å². The van der Waals surface area contributed by atoms with Crippen molar-refractivity contribution in [3.8, 4) is 0 Å². The van der Waals surface area contributed by atoms with Gasteiger partial charge in [-0.15, -0.1) is 0 Å². The molecular weight excluding hydrogens is 190 g/mol. The fourth-order valence-electron chi connectivity index (χ4n) is 2.12. The van der Waals surface area contributed by atoms with Crippen LogP contribution in [-0.2, 0) is 9.53 Å². The van der Waals surface area contributed by atoms with Crippen molar-refractivity contribution in [2.24, 2.45) is 5.92 Å². The minimum Gasteiger partial charge on any atom is -0.469 e. The molecule has 0 aliphatic carbocycles. The zero-order valence-corrected chi connectivity index (χ0v) is 9.79. The van der Waals surface area contributed by atoms with Gasteiger partial charge in [0.15, 0.2) is 0 Å². The third-order valence-corrected chi connectivity index (χ3v) is 3.02. The molecule has 1 unspecified atom stereocenters. The van der Waals surface area contributed by atoms with Gasteiger partial charge in [-0.05, 0) is 31.8 Å². The summed E-state index contributed by atoms with van der Waals surface area (Å²) in [6.07, 6.45) is 2.57. The van der Waals surface area contributed by atoms with Gasteiger partial charge in [0.1, 0.15) is 0 Å². The molecule has 0 spiro atoms. The molecule has 0 saturated carbocycles. The van der Waals surface area contributed by atoms with E-state index in [4.69, 9.17) is 0 Å². The number of methoxy groups -OCH3 is 1. The lowest BCUT2D eigenvalue weighted by Crippen LogP contribution is -2.19. The molecule has 86 valence electrons. The SMILES string of the molecule is C=C(CC(=O)OC)CC1CCN(CC)C1. The van der Waals surface area contributed by atoms with E-state index in [1.807, 2.05) is 0 Å². The van der Waals surface area contributed by atoms with Crippen molar-refractivity contribution < 1.29 is 9.53 Å². The van der Waals surface area contributed by atoms with Gasteiger partial charge in [-0.25, -0.2) is 0 Å². The van der Waals surface area contributed by atoms with Crippen molar-refractivity contribution in [2.75, 3.05) is 26.7 Å². The summed E-state index contributed by atoms with van der Waals surface area (Å²) in [7, 11) is 1.42. The predicted octanol–water partition coefficient (Wildman–Crippen LogP) is 1.84. The molecule has 15 heavy (non-hydrogen) atoms. The standard InChI is InChI=1S/C12H21NO2/c1-4-13-6-5-11(9-13)7-10(2)8-12(14)15-3/h11H,2,4-9H2,1,3H3. The Labute approximate surface area is 92.1 Å². The van der Waals surface area contributed by atoms with Crippen LogP contribution in [0, 0.1) is 5.92 Å². The van der Waals surface area contributed by atoms with Crippen LogP contribution in [0.2, 0.25) is 0 Å². The van der Waals surface area contributed by atoms with E-state index < -0.39 is 0 Å². The summed E-state index contributed by atoms with van der Waals surface area (Å²) in [4.78, 5) is 13.5. The first-order chi connectivity index (χ1) is 7.15. The Balaban J connectivity index is 2.24. The molecule has 0 bridgehead atoms. The average Bonchev–Trinajstić information content (AvgIpc) is 2.65. The molecule has 0 amide bonds. The Hall–Kier alpha value is -0.830. The molecule has 0 radical (unpaired) electrons. The molecular formula is C12H21NO2. The fraction of sp³-hybridized carbons (Fsp3) is 0.750. The van der Waals surface area contributed by atoms with Crippen LogP contribution in [0.3, 0.4) is 0 Å². The van der Waals surface area contributed by atoms with Gasteiger partial charge >= 0.3 is 5.97 Å². The monoisotopic (exact) mass is 211 g/mol. The van der Waals surface area contributed by atoms with E-state index in [9.17, 15) is 4.79 Å². The lowest BCUT2D eigenvalue weighted by atomic mass is 9.98. The van der Waals surface area contributed by atoms with E-state index in [1.165, 1.54) is 20.1 Å². The lowest BCUT2D eigenvalue weighted by Gasteiger charge is -2.13. The van der Waals surface area contributed by atoms with Crippen LogP contribution in [0.4, 0.5) is 0 Å². The van der Waals surface area contributed by atoms with Gasteiger partial charge in [0.2, 0.25) is 0 Å². The number of hydrogen-bond acceptors (Lipinski definition) is 3. The molecule has 1 aliphatic heterocycles. The normalized spacial score (nSPS) is 21.6. The molecule has 0 N–H and O–H groups in total. The largest absolute Gasteiger partial charge is 0.469 e. The molecule has 0 aromatic heterocycles. The van der Waals surface area contributed by atoms with E-state index in [1.54, 1.807) is 0 Å². The van der Waals surface area contributed by atoms with Crippen LogP contribution in [0.5, 0.6) is 0 Å². The minimum atomic E-state index is -0.176. The van der Waals surface area contributed by atoms with E-state index >= 15 is 0 Å². The third-order valence-electron chi connectivity index (χ3n) is 3.02. The first kappa shape index (κ1) is 12.2. The highest BCUT2D eigenvalue weighted by molar-refractivity contribution is 5.72. The minimum absolute atomic E-state index is 0.176. The summed E-state index contributed by atoms with van der Waals surface area (Å²) in [5.74, 6) is 0.507. The molecule has 3 heteroatoms. The molecule has 1 rings (SSSR count). The Morgan fingerprint density at radius 2 is 2.33 bits per heavy atom. The van der Waals surface area contributed by atoms with Gasteiger partial charge in [0.25, 0.3) is 0 Å². The van der Waals surface area contributed by atoms with Gasteiger partial charge in [0, 0.05) is 6.54 Å². The maximum Gasteiger partial charge on any atom is 0.309 e. The highest BCUT2D eigenvalue weighted by atomic mass is 16.5. The van der Waals surface area contributed by atoms with Gasteiger partial charge in [0.05, 0.1) is 13.5 Å². The van der Waals surface area contributed by atoms with Crippen LogP contribution in [0.15, 0.2) is 12.2 Å². The molecule has 1 fully saturated rings. The zero-order valence-electron chi connectivity index (χ0n) is 9.79. The topological polar surface area (TPSA) is 29.5 Å². The van der Waals surface area contributed by atoms with Crippen molar-refractivity contribution in [1.29, 1.82) is 0 Å². The zero-order chi connectivity index (χ0) is 11.3. The summed E-state index contributed by atoms with van der Waals surface area (Å²) in [5.41, 5.74) is 1.00. The number of nitrogens with zero attached hydrogens (tertiary/aromatic N) is 1. The number of carbonyl (C=O) groups excluding carboxylic acids is 1. The van der Waals surface area contributed by atoms with Gasteiger partial charge in [-0.2, -0.15) is 0 Å². The molecule has 0 aromatic rings. The van der Waals surface area contributed by atoms with Crippen molar-refractivity contribution >= 4 is 5.97 Å². The molecule has 0 aromatic carbocycles. The van der Waals surface area contributed by atoms with Crippen molar-refractivity contribution in [3.63, 3.8) is 0 Å². The lowest BCUT2D eigenvalue weighted by molar-refractivity contribution is -0.139. The fourth-order valence-corrected chi connectivity index (χ4v) is 2.12. The van der Waals surface area contributed by atoms with Crippen molar-refractivity contribution in [1.82, 2.24) is 4.90 Å². The summed E-state index contributed by atoms with van der Waals surface area (Å²) < 4.78 is 4.62. The first-order valence-corrected chi connectivity index (χ1v) is 5.61. The van der Waals surface area contributed by atoms with Crippen molar-refractivity contribution in [2.45, 2.75) is 26.2 Å². The molecule has 1 heterocycles. The molecule has 1 aliphatic rings. The maximum absolute atomic E-state index is 11.0. The molecule has 1 atom stereocenters. The maximum atomic E-state index is 11.0. The second-order valence-corrected chi connectivity index (χ2v) is 4.25. The van der Waals surface area contributed by atoms with Crippen LogP contribution in [0.1, 0.15) is 26.2 Å². The molecule has 3 nitrogen and oxygen atoms in total. The Morgan fingerprint density at radius 3 is 2.87 bits per heavy atom. The number of carbonyl (C=O) groups is 1. The number of ether oxygens (including phenoxy) is 1. The van der Waals surface area contributed by atoms with Gasteiger partial charge < -0.3 is 9.64 Å². The number of likely N-dealkylation sites (tertiary alicyclic amines) is 1. The smallest absolute Gasteiger partial charge is 0.309 e. The van der Waals surface area contributed by atoms with Crippen LogP contribution in [-0.4, -0.2) is 37.6 Å². The number of hydrogen-bond donors (Lipinski definition) is 0. The van der Waals surface area contributed by atoms with E-state index in [2.05, 4.69) is 23.1 Å². The second-order valence-electron chi connectivity index (χ2n) is 4.25. The summed E-state index contributed by atoms with van der Waals surface area (Å²) >= 11 is 0. The quantitative estimate of drug-likeness (QED) is 0.513. The summed E-state index contributed by atoms with van der Waals surface area (Å²) in [6.45, 7) is 9.59. The van der Waals surface area contributed by atoms with Crippen LogP contribution < -0.4 is 0 Å². The highest BCUT2D eigenvalue weighted by Gasteiger charge is 2.21. The van der Waals surface area contributed by atoms with Gasteiger partial charge in [-0.1, -0.05) is 19.1 Å². The Morgan fingerprint density at radius 1 is 1.60 bits per heavy atom. The second kappa shape index (κ2) is 5.91. The summed E-state index contributed by atoms with van der Waals surface area (Å²) in [5, 5.41) is 0. The first-order valence-electron chi connectivity index (χ1n) is 5.61. The predicted molar refractivity (Wildman–Crippen MR) is 60.6 cm³/mol. The number of rotatable bonds is 5. The van der Waals surface area contributed by atoms with Crippen LogP contribution >= 0.6 is 0 Å². The summed E-state index contributed by atoms with van der Waals surface area (Å²) in [6, 6.07) is 0. The van der Waals surface area contributed by atoms with E-state index in [0.29, 0.717) is 12.3 Å². The van der Waals surface area contributed by atoms with E-state index in [0.717, 1.165) is 25.1 Å². The molecule has 1 saturated heterocycles.